The van der Waals surface area contributed by atoms with Gasteiger partial charge in [-0.05, 0) is 43.9 Å². The molecule has 10 heteroatoms. The van der Waals surface area contributed by atoms with Crippen LogP contribution in [0, 0.1) is 18.6 Å². The molecule has 1 heterocycles. The van der Waals surface area contributed by atoms with Gasteiger partial charge in [0.05, 0.1) is 11.6 Å². The fourth-order valence-corrected chi connectivity index (χ4v) is 5.93. The SMILES string of the molecule is Cc1ncc2c(N[C@H]3c4ccc(F)c(O)c4C4(CCCCC4)C[C@@]3(O)C(F)(F)F)cc(F)cc2n1. The van der Waals surface area contributed by atoms with E-state index in [-0.39, 0.29) is 40.6 Å². The Morgan fingerprint density at radius 1 is 1.09 bits per heavy atom. The Morgan fingerprint density at radius 3 is 2.49 bits per heavy atom. The molecule has 0 unspecified atom stereocenters. The summed E-state index contributed by atoms with van der Waals surface area (Å²) in [5.41, 5.74) is -4.38. The molecule has 5 nitrogen and oxygen atoms in total. The molecule has 3 aromatic rings. The summed E-state index contributed by atoms with van der Waals surface area (Å²) in [6.07, 6.45) is -1.94. The minimum absolute atomic E-state index is 0.0537. The monoisotopic (exact) mass is 493 g/mol. The van der Waals surface area contributed by atoms with Crippen molar-refractivity contribution in [3.05, 3.63) is 59.0 Å². The normalized spacial score (nSPS) is 23.9. The van der Waals surface area contributed by atoms with Crippen molar-refractivity contribution in [3.63, 3.8) is 0 Å². The molecule has 0 radical (unpaired) electrons. The maximum absolute atomic E-state index is 14.6. The number of rotatable bonds is 2. The van der Waals surface area contributed by atoms with Crippen LogP contribution in [-0.2, 0) is 5.41 Å². The van der Waals surface area contributed by atoms with Gasteiger partial charge in [0.25, 0.3) is 0 Å². The summed E-state index contributed by atoms with van der Waals surface area (Å²) in [4.78, 5) is 8.21. The molecule has 3 N–H and O–H groups in total. The zero-order chi connectivity index (χ0) is 25.2. The first-order valence-corrected chi connectivity index (χ1v) is 11.5. The summed E-state index contributed by atoms with van der Waals surface area (Å²) < 4.78 is 72.8. The highest BCUT2D eigenvalue weighted by Crippen LogP contribution is 2.60. The Hall–Kier alpha value is -3.01. The Kier molecular flexibility index (Phi) is 5.43. The average molecular weight is 493 g/mol. The van der Waals surface area contributed by atoms with Gasteiger partial charge in [-0.2, -0.15) is 13.2 Å². The molecule has 2 aliphatic carbocycles. The number of hydrogen-bond acceptors (Lipinski definition) is 5. The summed E-state index contributed by atoms with van der Waals surface area (Å²) in [5, 5.41) is 25.0. The molecule has 0 bridgehead atoms. The summed E-state index contributed by atoms with van der Waals surface area (Å²) >= 11 is 0. The van der Waals surface area contributed by atoms with E-state index in [1.807, 2.05) is 0 Å². The van der Waals surface area contributed by atoms with Crippen molar-refractivity contribution in [3.8, 4) is 5.75 Å². The van der Waals surface area contributed by atoms with Crippen LogP contribution >= 0.6 is 0 Å². The van der Waals surface area contributed by atoms with Crippen molar-refractivity contribution in [2.45, 2.75) is 68.7 Å². The van der Waals surface area contributed by atoms with Crippen molar-refractivity contribution >= 4 is 16.6 Å². The lowest BCUT2D eigenvalue weighted by Crippen LogP contribution is -2.59. The van der Waals surface area contributed by atoms with Gasteiger partial charge in [0, 0.05) is 34.3 Å². The number of aromatic hydroxyl groups is 1. The molecule has 1 spiro atoms. The number of halogens is 5. The number of alkyl halides is 3. The minimum atomic E-state index is -5.08. The number of phenolic OH excluding ortho intramolecular Hbond substituents is 1. The lowest BCUT2D eigenvalue weighted by molar-refractivity contribution is -0.277. The van der Waals surface area contributed by atoms with Gasteiger partial charge in [-0.15, -0.1) is 0 Å². The molecule has 1 aromatic heterocycles. The van der Waals surface area contributed by atoms with Crippen LogP contribution in [0.4, 0.5) is 27.6 Å². The average Bonchev–Trinajstić information content (AvgIpc) is 2.78. The molecule has 0 saturated heterocycles. The van der Waals surface area contributed by atoms with Gasteiger partial charge in [0.15, 0.2) is 17.2 Å². The first-order chi connectivity index (χ1) is 16.4. The molecule has 0 amide bonds. The third-order valence-electron chi connectivity index (χ3n) is 7.47. The standard InChI is InChI=1S/C25H24F5N3O2/c1-13-31-11-16-18(32-13)9-14(26)10-19(16)33-22-15-5-6-17(27)21(34)20(15)23(7-3-2-4-8-23)12-24(22,35)25(28,29)30/h5-6,9-11,22,33-35H,2-4,7-8,12H2,1H3/t22-,24-/m0/s1. The maximum atomic E-state index is 14.6. The molecule has 35 heavy (non-hydrogen) atoms. The number of hydrogen-bond donors (Lipinski definition) is 3. The van der Waals surface area contributed by atoms with E-state index < -0.39 is 47.0 Å². The predicted molar refractivity (Wildman–Crippen MR) is 119 cm³/mol. The van der Waals surface area contributed by atoms with Gasteiger partial charge >= 0.3 is 6.18 Å². The van der Waals surface area contributed by atoms with Crippen LogP contribution in [0.15, 0.2) is 30.5 Å². The van der Waals surface area contributed by atoms with Crippen LogP contribution in [0.1, 0.15) is 61.5 Å². The first-order valence-electron chi connectivity index (χ1n) is 11.5. The second kappa shape index (κ2) is 8.01. The number of aryl methyl sites for hydroxylation is 1. The number of anilines is 1. The molecular weight excluding hydrogens is 469 g/mol. The number of aliphatic hydroxyl groups is 1. The van der Waals surface area contributed by atoms with E-state index in [1.54, 1.807) is 6.92 Å². The fraction of sp³-hybridized carbons (Fsp3) is 0.440. The quantitative estimate of drug-likeness (QED) is 0.383. The van der Waals surface area contributed by atoms with Gasteiger partial charge in [0.2, 0.25) is 0 Å². The summed E-state index contributed by atoms with van der Waals surface area (Å²) in [6, 6.07) is 2.35. The van der Waals surface area contributed by atoms with Crippen molar-refractivity contribution in [1.29, 1.82) is 0 Å². The van der Waals surface area contributed by atoms with E-state index in [0.29, 0.717) is 18.7 Å². The maximum Gasteiger partial charge on any atom is 0.419 e. The zero-order valence-corrected chi connectivity index (χ0v) is 18.9. The number of phenols is 1. The third-order valence-corrected chi connectivity index (χ3v) is 7.47. The smallest absolute Gasteiger partial charge is 0.419 e. The molecule has 5 rings (SSSR count). The Balaban J connectivity index is 1.75. The van der Waals surface area contributed by atoms with Crippen LogP contribution in [0.3, 0.4) is 0 Å². The van der Waals surface area contributed by atoms with E-state index in [2.05, 4.69) is 15.3 Å². The van der Waals surface area contributed by atoms with E-state index in [0.717, 1.165) is 30.7 Å². The van der Waals surface area contributed by atoms with Crippen molar-refractivity contribution in [2.24, 2.45) is 0 Å². The molecule has 186 valence electrons. The van der Waals surface area contributed by atoms with Crippen LogP contribution in [-0.4, -0.2) is 32.0 Å². The van der Waals surface area contributed by atoms with Gasteiger partial charge in [-0.3, -0.25) is 0 Å². The summed E-state index contributed by atoms with van der Waals surface area (Å²) in [5.74, 6) is -2.03. The summed E-state index contributed by atoms with van der Waals surface area (Å²) in [6.45, 7) is 1.60. The van der Waals surface area contributed by atoms with Crippen LogP contribution in [0.2, 0.25) is 0 Å². The molecule has 0 aliphatic heterocycles. The Bertz CT molecular complexity index is 1300. The number of nitrogens with zero attached hydrogens (tertiary/aromatic N) is 2. The minimum Gasteiger partial charge on any atom is -0.505 e. The van der Waals surface area contributed by atoms with Crippen LogP contribution in [0.5, 0.6) is 5.75 Å². The van der Waals surface area contributed by atoms with Gasteiger partial charge in [-0.1, -0.05) is 25.3 Å². The predicted octanol–water partition coefficient (Wildman–Crippen LogP) is 5.97. The van der Waals surface area contributed by atoms with E-state index in [4.69, 9.17) is 0 Å². The van der Waals surface area contributed by atoms with Crippen molar-refractivity contribution < 1.29 is 32.2 Å². The second-order valence-electron chi connectivity index (χ2n) is 9.68. The number of benzene rings is 2. The van der Waals surface area contributed by atoms with Crippen LogP contribution < -0.4 is 5.32 Å². The lowest BCUT2D eigenvalue weighted by Gasteiger charge is -2.52. The van der Waals surface area contributed by atoms with Gasteiger partial charge < -0.3 is 15.5 Å². The molecule has 2 aliphatic rings. The van der Waals surface area contributed by atoms with Crippen molar-refractivity contribution in [1.82, 2.24) is 9.97 Å². The van der Waals surface area contributed by atoms with Gasteiger partial charge in [-0.25, -0.2) is 18.7 Å². The second-order valence-corrected chi connectivity index (χ2v) is 9.68. The highest BCUT2D eigenvalue weighted by molar-refractivity contribution is 5.91. The fourth-order valence-electron chi connectivity index (χ4n) is 5.93. The zero-order valence-electron chi connectivity index (χ0n) is 18.9. The Labute approximate surface area is 198 Å². The third kappa shape index (κ3) is 3.69. The van der Waals surface area contributed by atoms with E-state index in [1.165, 1.54) is 6.20 Å². The first kappa shape index (κ1) is 23.7. The Morgan fingerprint density at radius 2 is 1.80 bits per heavy atom. The highest BCUT2D eigenvalue weighted by Gasteiger charge is 2.66. The number of nitrogens with one attached hydrogen (secondary N) is 1. The van der Waals surface area contributed by atoms with Crippen LogP contribution in [0.25, 0.3) is 10.9 Å². The number of aromatic nitrogens is 2. The largest absolute Gasteiger partial charge is 0.505 e. The van der Waals surface area contributed by atoms with E-state index in [9.17, 15) is 32.2 Å². The molecular formula is C25H24F5N3O2. The highest BCUT2D eigenvalue weighted by atomic mass is 19.4. The van der Waals surface area contributed by atoms with E-state index >= 15 is 0 Å². The van der Waals surface area contributed by atoms with Crippen molar-refractivity contribution in [2.75, 3.05) is 5.32 Å². The van der Waals surface area contributed by atoms with Gasteiger partial charge in [0.1, 0.15) is 11.6 Å². The topological polar surface area (TPSA) is 78.3 Å². The molecule has 2 atom stereocenters. The number of fused-ring (bicyclic) bond motifs is 3. The molecule has 1 saturated carbocycles. The summed E-state index contributed by atoms with van der Waals surface area (Å²) in [7, 11) is 0. The molecule has 1 fully saturated rings. The lowest BCUT2D eigenvalue weighted by atomic mass is 9.56. The molecule has 2 aromatic carbocycles.